The van der Waals surface area contributed by atoms with Crippen molar-refractivity contribution in [1.82, 2.24) is 0 Å². The molecule has 0 saturated carbocycles. The van der Waals surface area contributed by atoms with Gasteiger partial charge in [-0.05, 0) is 0 Å². The third-order valence-electron chi connectivity index (χ3n) is 0.155. The van der Waals surface area contributed by atoms with Crippen molar-refractivity contribution in [3.8, 4) is 0 Å². The molecule has 0 saturated heterocycles. The van der Waals surface area contributed by atoms with E-state index in [-0.39, 0.29) is 0 Å². The second kappa shape index (κ2) is 3.63. The van der Waals surface area contributed by atoms with Crippen molar-refractivity contribution < 1.29 is 12.9 Å². The zero-order valence-corrected chi connectivity index (χ0v) is 5.33. The van der Waals surface area contributed by atoms with Gasteiger partial charge in [0.05, 0.1) is 0 Å². The highest BCUT2D eigenvalue weighted by atomic mass is 35.5. The fraction of sp³-hybridized carbons (Fsp3) is 1.00. The first-order chi connectivity index (χ1) is 3.13. The Balaban J connectivity index is 3.13. The molecule has 0 heterocycles. The second-order valence-electron chi connectivity index (χ2n) is 0.574. The topological polar surface area (TPSA) is 46.5 Å². The van der Waals surface area contributed by atoms with Gasteiger partial charge in [0.2, 0.25) is 5.02 Å². The minimum atomic E-state index is -2.36. The number of rotatable bonds is 2. The van der Waals surface area contributed by atoms with E-state index in [1.807, 2.05) is 0 Å². The number of alkyl halides is 2. The Morgan fingerprint density at radius 1 is 1.71 bits per heavy atom. The highest BCUT2D eigenvalue weighted by Crippen LogP contribution is 2.03. The van der Waals surface area contributed by atoms with Crippen LogP contribution in [0.5, 0.6) is 0 Å². The molecule has 1 atom stereocenters. The van der Waals surface area contributed by atoms with Crippen LogP contribution < -0.4 is 0 Å². The first kappa shape index (κ1) is 7.65. The summed E-state index contributed by atoms with van der Waals surface area (Å²) in [5.74, 6) is 0. The van der Waals surface area contributed by atoms with E-state index >= 15 is 0 Å². The van der Waals surface area contributed by atoms with Crippen LogP contribution in [0.15, 0.2) is 0 Å². The third-order valence-corrected chi connectivity index (χ3v) is 0.902. The summed E-state index contributed by atoms with van der Waals surface area (Å²) in [6, 6.07) is 0. The molecule has 7 heavy (non-hydrogen) atoms. The molecule has 6 heteroatoms. The lowest BCUT2D eigenvalue weighted by molar-refractivity contribution is 0.336. The molecule has 1 unspecified atom stereocenters. The van der Waals surface area contributed by atoms with E-state index in [4.69, 9.17) is 27.8 Å². The zero-order valence-electron chi connectivity index (χ0n) is 3.01. The molecule has 0 aliphatic heterocycles. The molecule has 0 bridgehead atoms. The molecule has 0 aromatic rings. The van der Waals surface area contributed by atoms with E-state index < -0.39 is 16.4 Å². The largest absolute Gasteiger partial charge is 0.304 e. The van der Waals surface area contributed by atoms with Gasteiger partial charge in [-0.15, -0.1) is 0 Å². The maximum absolute atomic E-state index is 9.53. The molecule has 0 aromatic carbocycles. The SMILES string of the molecule is O=S(O)OC(Cl)Cl. The quantitative estimate of drug-likeness (QED) is 0.488. The number of halogens is 2. The molecule has 3 nitrogen and oxygen atoms in total. The highest BCUT2D eigenvalue weighted by Gasteiger charge is 2.00. The highest BCUT2D eigenvalue weighted by molar-refractivity contribution is 7.74. The second-order valence-corrected chi connectivity index (χ2v) is 2.22. The van der Waals surface area contributed by atoms with Gasteiger partial charge in [0, 0.05) is 0 Å². The van der Waals surface area contributed by atoms with Gasteiger partial charge in [0.25, 0.3) is 0 Å². The lowest BCUT2D eigenvalue weighted by atomic mass is 11.7. The van der Waals surface area contributed by atoms with Gasteiger partial charge in [0.1, 0.15) is 0 Å². The minimum Gasteiger partial charge on any atom is -0.284 e. The van der Waals surface area contributed by atoms with Crippen LogP contribution in [-0.2, 0) is 15.5 Å². The molecule has 0 aliphatic carbocycles. The van der Waals surface area contributed by atoms with Crippen LogP contribution in [0.2, 0.25) is 0 Å². The average Bonchev–Trinajstić information content (AvgIpc) is 1.27. The standard InChI is InChI=1S/CH2Cl2O3S/c2-1(3)6-7(4)5/h1H,(H,4,5). The van der Waals surface area contributed by atoms with Crippen LogP contribution in [0.4, 0.5) is 0 Å². The Bertz CT molecular complexity index is 73.3. The van der Waals surface area contributed by atoms with Crippen molar-refractivity contribution in [3.05, 3.63) is 0 Å². The predicted molar refractivity (Wildman–Crippen MR) is 27.4 cm³/mol. The normalized spacial score (nSPS) is 14.9. The molecular weight excluding hydrogens is 163 g/mol. The number of hydrogen-bond acceptors (Lipinski definition) is 2. The fourth-order valence-corrected chi connectivity index (χ4v) is 0.560. The third kappa shape index (κ3) is 6.65. The van der Waals surface area contributed by atoms with Gasteiger partial charge >= 0.3 is 11.4 Å². The first-order valence-corrected chi connectivity index (χ1v) is 3.09. The van der Waals surface area contributed by atoms with Gasteiger partial charge in [-0.3, -0.25) is 4.55 Å². The summed E-state index contributed by atoms with van der Waals surface area (Å²) in [5, 5.41) is -1.23. The van der Waals surface area contributed by atoms with E-state index in [9.17, 15) is 4.21 Å². The summed E-state index contributed by atoms with van der Waals surface area (Å²) >= 11 is 7.37. The smallest absolute Gasteiger partial charge is 0.284 e. The summed E-state index contributed by atoms with van der Waals surface area (Å²) in [6.07, 6.45) is 0. The van der Waals surface area contributed by atoms with E-state index in [0.717, 1.165) is 0 Å². The van der Waals surface area contributed by atoms with Gasteiger partial charge in [-0.2, -0.15) is 4.21 Å². The Kier molecular flexibility index (Phi) is 3.96. The molecule has 44 valence electrons. The van der Waals surface area contributed by atoms with Gasteiger partial charge in [0.15, 0.2) is 0 Å². The molecular formula is CH2Cl2O3S. The average molecular weight is 165 g/mol. The Morgan fingerprint density at radius 3 is 2.14 bits per heavy atom. The van der Waals surface area contributed by atoms with Gasteiger partial charge in [-0.25, -0.2) is 4.18 Å². The maximum atomic E-state index is 9.53. The Labute approximate surface area is 53.0 Å². The van der Waals surface area contributed by atoms with Gasteiger partial charge in [-0.1, -0.05) is 23.2 Å². The first-order valence-electron chi connectivity index (χ1n) is 1.19. The number of hydrogen-bond donors (Lipinski definition) is 1. The van der Waals surface area contributed by atoms with Crippen LogP contribution >= 0.6 is 23.2 Å². The van der Waals surface area contributed by atoms with E-state index in [1.165, 1.54) is 0 Å². The molecule has 0 spiro atoms. The van der Waals surface area contributed by atoms with Crippen molar-refractivity contribution in [2.45, 2.75) is 5.02 Å². The van der Waals surface area contributed by atoms with Crippen molar-refractivity contribution in [3.63, 3.8) is 0 Å². The Morgan fingerprint density at radius 2 is 2.14 bits per heavy atom. The van der Waals surface area contributed by atoms with Gasteiger partial charge < -0.3 is 0 Å². The van der Waals surface area contributed by atoms with Crippen LogP contribution in [0.25, 0.3) is 0 Å². The van der Waals surface area contributed by atoms with E-state index in [0.29, 0.717) is 0 Å². The fourth-order valence-electron chi connectivity index (χ4n) is 0.0622. The predicted octanol–water partition coefficient (Wildman–Crippen LogP) is 0.901. The molecule has 0 amide bonds. The molecule has 1 N–H and O–H groups in total. The minimum absolute atomic E-state index is 1.23. The van der Waals surface area contributed by atoms with Crippen molar-refractivity contribution >= 4 is 34.6 Å². The summed E-state index contributed by atoms with van der Waals surface area (Å²) < 4.78 is 21.1. The van der Waals surface area contributed by atoms with Crippen molar-refractivity contribution in [2.75, 3.05) is 0 Å². The summed E-state index contributed by atoms with van der Waals surface area (Å²) in [7, 11) is 0. The summed E-state index contributed by atoms with van der Waals surface area (Å²) in [6.45, 7) is 0. The molecule has 0 fully saturated rings. The zero-order chi connectivity index (χ0) is 5.86. The van der Waals surface area contributed by atoms with Crippen molar-refractivity contribution in [1.29, 1.82) is 0 Å². The summed E-state index contributed by atoms with van der Waals surface area (Å²) in [4.78, 5) is 0. The molecule has 0 radical (unpaired) electrons. The summed E-state index contributed by atoms with van der Waals surface area (Å²) in [5.41, 5.74) is 0. The van der Waals surface area contributed by atoms with Crippen LogP contribution in [0.1, 0.15) is 0 Å². The lowest BCUT2D eigenvalue weighted by Gasteiger charge is -1.92. The molecule has 0 rings (SSSR count). The molecule has 0 aliphatic rings. The van der Waals surface area contributed by atoms with Crippen LogP contribution in [0, 0.1) is 0 Å². The Hall–Kier alpha value is 0.650. The van der Waals surface area contributed by atoms with E-state index in [1.54, 1.807) is 0 Å². The lowest BCUT2D eigenvalue weighted by Crippen LogP contribution is -1.98. The van der Waals surface area contributed by atoms with Crippen LogP contribution in [0.3, 0.4) is 0 Å². The van der Waals surface area contributed by atoms with Crippen LogP contribution in [-0.4, -0.2) is 13.8 Å². The maximum Gasteiger partial charge on any atom is 0.304 e. The monoisotopic (exact) mass is 164 g/mol. The van der Waals surface area contributed by atoms with Crippen molar-refractivity contribution in [2.24, 2.45) is 0 Å². The molecule has 0 aromatic heterocycles. The van der Waals surface area contributed by atoms with E-state index in [2.05, 4.69) is 4.18 Å².